The molecule has 1 saturated heterocycles. The van der Waals surface area contributed by atoms with E-state index in [1.165, 1.54) is 5.56 Å². The molecule has 21 heavy (non-hydrogen) atoms. The Labute approximate surface area is 125 Å². The maximum atomic E-state index is 11.1. The maximum Gasteiger partial charge on any atom is 0.0997 e. The van der Waals surface area contributed by atoms with Crippen LogP contribution in [-0.4, -0.2) is 26.1 Å². The first-order valence-corrected chi connectivity index (χ1v) is 7.38. The van der Waals surface area contributed by atoms with Gasteiger partial charge in [-0.05, 0) is 25.8 Å². The second-order valence-corrected chi connectivity index (χ2v) is 6.24. The van der Waals surface area contributed by atoms with Crippen LogP contribution < -0.4 is 5.32 Å². The minimum atomic E-state index is -0.819. The molecule has 1 aliphatic heterocycles. The molecule has 3 rings (SSSR count). The molecule has 112 valence electrons. The lowest BCUT2D eigenvalue weighted by atomic mass is 9.78. The molecule has 1 aromatic heterocycles. The first-order valence-electron chi connectivity index (χ1n) is 7.38. The molecule has 2 heterocycles. The second kappa shape index (κ2) is 5.24. The van der Waals surface area contributed by atoms with Crippen molar-refractivity contribution in [2.45, 2.75) is 44.4 Å². The Morgan fingerprint density at radius 1 is 1.29 bits per heavy atom. The Bertz CT molecular complexity index is 621. The van der Waals surface area contributed by atoms with E-state index in [1.807, 2.05) is 25.4 Å². The first kappa shape index (κ1) is 14.2. The number of aromatic nitrogens is 3. The Hall–Kier alpha value is -1.72. The van der Waals surface area contributed by atoms with Crippen LogP contribution in [0.2, 0.25) is 0 Å². The molecule has 0 aliphatic carbocycles. The predicted molar refractivity (Wildman–Crippen MR) is 80.7 cm³/mol. The third-order valence-corrected chi connectivity index (χ3v) is 4.24. The normalized spacial score (nSPS) is 29.5. The summed E-state index contributed by atoms with van der Waals surface area (Å²) in [7, 11) is 1.86. The van der Waals surface area contributed by atoms with E-state index in [-0.39, 0.29) is 12.1 Å². The number of nitrogens with zero attached hydrogens (tertiary/aromatic N) is 3. The molecule has 0 amide bonds. The average molecular weight is 286 g/mol. The summed E-state index contributed by atoms with van der Waals surface area (Å²) in [5, 5.41) is 22.8. The van der Waals surface area contributed by atoms with E-state index in [0.29, 0.717) is 12.8 Å². The first-order chi connectivity index (χ1) is 9.96. The molecule has 0 bridgehead atoms. The number of nitrogens with one attached hydrogen (secondary N) is 1. The lowest BCUT2D eigenvalue weighted by molar-refractivity contribution is -0.0235. The fourth-order valence-electron chi connectivity index (χ4n) is 3.20. The van der Waals surface area contributed by atoms with Crippen molar-refractivity contribution in [3.8, 4) is 0 Å². The van der Waals surface area contributed by atoms with Crippen LogP contribution >= 0.6 is 0 Å². The Balaban J connectivity index is 1.89. The molecule has 0 unspecified atom stereocenters. The number of benzene rings is 1. The van der Waals surface area contributed by atoms with Gasteiger partial charge in [0.1, 0.15) is 0 Å². The third kappa shape index (κ3) is 2.84. The molecule has 1 aliphatic rings. The van der Waals surface area contributed by atoms with Crippen molar-refractivity contribution in [2.24, 2.45) is 7.05 Å². The Morgan fingerprint density at radius 2 is 2.00 bits per heavy atom. The van der Waals surface area contributed by atoms with Crippen LogP contribution in [0, 0.1) is 6.92 Å². The molecule has 3 atom stereocenters. The number of rotatable bonds is 2. The van der Waals surface area contributed by atoms with Crippen molar-refractivity contribution in [2.75, 3.05) is 0 Å². The standard InChI is InChI=1S/C16H22N4O/c1-11-4-6-13(7-5-11)16(21)8-12(2)17-14(9-16)15-10-20(3)19-18-15/h4-7,10,12,14,17,21H,8-9H2,1-3H3/t12-,14-,16-/m0/s1. The van der Waals surface area contributed by atoms with Gasteiger partial charge in [-0.15, -0.1) is 5.10 Å². The zero-order valence-electron chi connectivity index (χ0n) is 12.7. The maximum absolute atomic E-state index is 11.1. The third-order valence-electron chi connectivity index (χ3n) is 4.24. The van der Waals surface area contributed by atoms with Gasteiger partial charge < -0.3 is 10.4 Å². The highest BCUT2D eigenvalue weighted by molar-refractivity contribution is 5.28. The van der Waals surface area contributed by atoms with Crippen LogP contribution in [0.4, 0.5) is 0 Å². The molecule has 0 radical (unpaired) electrons. The minimum Gasteiger partial charge on any atom is -0.385 e. The van der Waals surface area contributed by atoms with Crippen molar-refractivity contribution in [3.63, 3.8) is 0 Å². The van der Waals surface area contributed by atoms with Crippen LogP contribution in [0.3, 0.4) is 0 Å². The van der Waals surface area contributed by atoms with E-state index < -0.39 is 5.60 Å². The summed E-state index contributed by atoms with van der Waals surface area (Å²) in [6.07, 6.45) is 3.22. The number of hydrogen-bond donors (Lipinski definition) is 2. The van der Waals surface area contributed by atoms with Gasteiger partial charge in [0.2, 0.25) is 0 Å². The van der Waals surface area contributed by atoms with Crippen molar-refractivity contribution in [1.82, 2.24) is 20.3 Å². The van der Waals surface area contributed by atoms with E-state index in [2.05, 4.69) is 41.6 Å². The topological polar surface area (TPSA) is 63.0 Å². The highest BCUT2D eigenvalue weighted by Gasteiger charge is 2.40. The molecular formula is C16H22N4O. The van der Waals surface area contributed by atoms with Crippen molar-refractivity contribution >= 4 is 0 Å². The molecule has 2 N–H and O–H groups in total. The van der Waals surface area contributed by atoms with E-state index in [9.17, 15) is 5.11 Å². The molecule has 5 heteroatoms. The Morgan fingerprint density at radius 3 is 2.62 bits per heavy atom. The van der Waals surface area contributed by atoms with Gasteiger partial charge in [0.05, 0.1) is 17.3 Å². The molecule has 2 aromatic rings. The number of aryl methyl sites for hydroxylation is 2. The molecule has 5 nitrogen and oxygen atoms in total. The van der Waals surface area contributed by atoms with E-state index >= 15 is 0 Å². The quantitative estimate of drug-likeness (QED) is 0.884. The summed E-state index contributed by atoms with van der Waals surface area (Å²) >= 11 is 0. The molecule has 1 fully saturated rings. The number of hydrogen-bond acceptors (Lipinski definition) is 4. The van der Waals surface area contributed by atoms with Crippen molar-refractivity contribution in [1.29, 1.82) is 0 Å². The molecule has 0 spiro atoms. The fourth-order valence-corrected chi connectivity index (χ4v) is 3.20. The van der Waals surface area contributed by atoms with Gasteiger partial charge in [0.25, 0.3) is 0 Å². The monoisotopic (exact) mass is 286 g/mol. The lowest BCUT2D eigenvalue weighted by Crippen LogP contribution is -2.47. The summed E-state index contributed by atoms with van der Waals surface area (Å²) in [5.41, 5.74) is 2.25. The summed E-state index contributed by atoms with van der Waals surface area (Å²) in [5.74, 6) is 0. The van der Waals surface area contributed by atoms with Crippen molar-refractivity contribution in [3.05, 3.63) is 47.3 Å². The van der Waals surface area contributed by atoms with E-state index in [4.69, 9.17) is 0 Å². The van der Waals surface area contributed by atoms with Crippen LogP contribution in [0.15, 0.2) is 30.5 Å². The Kier molecular flexibility index (Phi) is 3.55. The zero-order valence-corrected chi connectivity index (χ0v) is 12.7. The van der Waals surface area contributed by atoms with Gasteiger partial charge in [-0.1, -0.05) is 35.0 Å². The van der Waals surface area contributed by atoms with Gasteiger partial charge >= 0.3 is 0 Å². The van der Waals surface area contributed by atoms with Crippen LogP contribution in [0.5, 0.6) is 0 Å². The minimum absolute atomic E-state index is 0.0220. The smallest absolute Gasteiger partial charge is 0.0997 e. The van der Waals surface area contributed by atoms with Gasteiger partial charge in [0, 0.05) is 25.7 Å². The van der Waals surface area contributed by atoms with Crippen LogP contribution in [-0.2, 0) is 12.6 Å². The van der Waals surface area contributed by atoms with Crippen LogP contribution in [0.25, 0.3) is 0 Å². The largest absolute Gasteiger partial charge is 0.385 e. The summed E-state index contributed by atoms with van der Waals surface area (Å²) in [6, 6.07) is 8.41. The molecule has 0 saturated carbocycles. The van der Waals surface area contributed by atoms with E-state index in [1.54, 1.807) is 4.68 Å². The molecule has 1 aromatic carbocycles. The van der Waals surface area contributed by atoms with Gasteiger partial charge in [-0.25, -0.2) is 0 Å². The lowest BCUT2D eigenvalue weighted by Gasteiger charge is -2.40. The number of aliphatic hydroxyl groups is 1. The fraction of sp³-hybridized carbons (Fsp3) is 0.500. The average Bonchev–Trinajstić information content (AvgIpc) is 2.85. The van der Waals surface area contributed by atoms with Crippen molar-refractivity contribution < 1.29 is 5.11 Å². The summed E-state index contributed by atoms with van der Waals surface area (Å²) in [6.45, 7) is 4.16. The van der Waals surface area contributed by atoms with Gasteiger partial charge in [-0.3, -0.25) is 4.68 Å². The SMILES string of the molecule is Cc1ccc([C@@]2(O)C[C@@H](c3cn(C)nn3)N[C@@H](C)C2)cc1. The summed E-state index contributed by atoms with van der Waals surface area (Å²) < 4.78 is 1.70. The second-order valence-electron chi connectivity index (χ2n) is 6.24. The summed E-state index contributed by atoms with van der Waals surface area (Å²) in [4.78, 5) is 0. The highest BCUT2D eigenvalue weighted by Crippen LogP contribution is 2.39. The zero-order chi connectivity index (χ0) is 15.0. The molecular weight excluding hydrogens is 264 g/mol. The van der Waals surface area contributed by atoms with Gasteiger partial charge in [0.15, 0.2) is 0 Å². The number of piperidine rings is 1. The highest BCUT2D eigenvalue weighted by atomic mass is 16.3. The van der Waals surface area contributed by atoms with E-state index in [0.717, 1.165) is 11.3 Å². The predicted octanol–water partition coefficient (Wildman–Crippen LogP) is 1.82. The van der Waals surface area contributed by atoms with Gasteiger partial charge in [-0.2, -0.15) is 0 Å². The van der Waals surface area contributed by atoms with Crippen LogP contribution in [0.1, 0.15) is 42.6 Å².